The maximum Gasteiger partial charge on any atom is 0.433 e. The van der Waals surface area contributed by atoms with Crippen LogP contribution in [-0.4, -0.2) is 4.98 Å². The predicted molar refractivity (Wildman–Crippen MR) is 43.6 cm³/mol. The zero-order chi connectivity index (χ0) is 10.8. The summed E-state index contributed by atoms with van der Waals surface area (Å²) in [6.07, 6.45) is -4.74. The Morgan fingerprint density at radius 3 is 2.57 bits per heavy atom. The number of nitrogens with zero attached hydrogens (tertiary/aromatic N) is 2. The number of pyridine rings is 1. The molecule has 0 aliphatic heterocycles. The summed E-state index contributed by atoms with van der Waals surface area (Å²) >= 11 is 5.54. The zero-order valence-corrected chi connectivity index (χ0v) is 7.52. The van der Waals surface area contributed by atoms with Gasteiger partial charge in [-0.1, -0.05) is 11.6 Å². The molecule has 0 aromatic carbocycles. The van der Waals surface area contributed by atoms with Crippen LogP contribution in [0.1, 0.15) is 11.4 Å². The van der Waals surface area contributed by atoms with Gasteiger partial charge < -0.3 is 0 Å². The minimum Gasteiger partial charge on any atom is -0.246 e. The average molecular weight is 221 g/mol. The quantitative estimate of drug-likeness (QED) is 0.730. The number of halogens is 4. The Balaban J connectivity index is 3.14. The molecule has 0 aliphatic rings. The summed E-state index contributed by atoms with van der Waals surface area (Å²) < 4.78 is 36.5. The summed E-state index contributed by atoms with van der Waals surface area (Å²) in [5, 5.41) is 8.38. The van der Waals surface area contributed by atoms with Crippen molar-refractivity contribution in [1.29, 1.82) is 5.26 Å². The van der Waals surface area contributed by atoms with E-state index in [0.717, 1.165) is 12.1 Å². The van der Waals surface area contributed by atoms with Crippen molar-refractivity contribution in [3.63, 3.8) is 0 Å². The van der Waals surface area contributed by atoms with Gasteiger partial charge in [-0.15, -0.1) is 0 Å². The van der Waals surface area contributed by atoms with E-state index in [1.165, 1.54) is 0 Å². The molecule has 0 amide bonds. The van der Waals surface area contributed by atoms with E-state index in [9.17, 15) is 13.2 Å². The van der Waals surface area contributed by atoms with Crippen LogP contribution in [0.4, 0.5) is 13.2 Å². The second-order valence-corrected chi connectivity index (χ2v) is 2.86. The fourth-order valence-corrected chi connectivity index (χ4v) is 1.01. The van der Waals surface area contributed by atoms with Crippen LogP contribution < -0.4 is 0 Å². The molecule has 0 aliphatic carbocycles. The first kappa shape index (κ1) is 10.8. The molecule has 1 rings (SSSR count). The van der Waals surface area contributed by atoms with Crippen LogP contribution in [0.2, 0.25) is 5.02 Å². The third kappa shape index (κ3) is 2.36. The van der Waals surface area contributed by atoms with E-state index in [1.807, 2.05) is 0 Å². The molecule has 0 N–H and O–H groups in total. The van der Waals surface area contributed by atoms with E-state index in [1.54, 1.807) is 6.07 Å². The van der Waals surface area contributed by atoms with Gasteiger partial charge in [-0.2, -0.15) is 18.4 Å². The van der Waals surface area contributed by atoms with Crippen molar-refractivity contribution >= 4 is 11.6 Å². The monoisotopic (exact) mass is 220 g/mol. The van der Waals surface area contributed by atoms with Crippen LogP contribution >= 0.6 is 11.6 Å². The Morgan fingerprint density at radius 2 is 2.07 bits per heavy atom. The number of nitriles is 1. The molecule has 6 heteroatoms. The summed E-state index contributed by atoms with van der Waals surface area (Å²) in [7, 11) is 0. The molecule has 0 unspecified atom stereocenters. The fourth-order valence-electron chi connectivity index (χ4n) is 0.841. The molecular weight excluding hydrogens is 217 g/mol. The molecule has 0 saturated carbocycles. The van der Waals surface area contributed by atoms with Crippen LogP contribution in [0, 0.1) is 11.3 Å². The number of hydrogen-bond acceptors (Lipinski definition) is 2. The summed E-state index contributed by atoms with van der Waals surface area (Å²) in [6.45, 7) is 0. The van der Waals surface area contributed by atoms with Gasteiger partial charge in [0.2, 0.25) is 0 Å². The second kappa shape index (κ2) is 3.84. The van der Waals surface area contributed by atoms with Gasteiger partial charge in [0, 0.05) is 0 Å². The Kier molecular flexibility index (Phi) is 2.96. The molecule has 0 bridgehead atoms. The largest absolute Gasteiger partial charge is 0.433 e. The molecule has 1 aromatic rings. The molecule has 0 saturated heterocycles. The number of rotatable bonds is 1. The minimum absolute atomic E-state index is 0.0519. The molecule has 2 nitrogen and oxygen atoms in total. The van der Waals surface area contributed by atoms with Crippen molar-refractivity contribution in [2.24, 2.45) is 0 Å². The number of alkyl halides is 3. The predicted octanol–water partition coefficient (Wildman–Crippen LogP) is 2.82. The van der Waals surface area contributed by atoms with Crippen LogP contribution in [0.25, 0.3) is 0 Å². The van der Waals surface area contributed by atoms with Crippen molar-refractivity contribution in [3.8, 4) is 6.07 Å². The van der Waals surface area contributed by atoms with Gasteiger partial charge in [0.25, 0.3) is 0 Å². The summed E-state index contributed by atoms with van der Waals surface area (Å²) in [5.74, 6) is 0. The Bertz CT molecular complexity index is 381. The van der Waals surface area contributed by atoms with Gasteiger partial charge in [-0.3, -0.25) is 0 Å². The van der Waals surface area contributed by atoms with Gasteiger partial charge in [-0.25, -0.2) is 4.98 Å². The molecule has 0 radical (unpaired) electrons. The van der Waals surface area contributed by atoms with Gasteiger partial charge in [0.1, 0.15) is 5.69 Å². The fraction of sp³-hybridized carbons (Fsp3) is 0.250. The van der Waals surface area contributed by atoms with Crippen molar-refractivity contribution in [3.05, 3.63) is 28.5 Å². The summed E-state index contributed by atoms with van der Waals surface area (Å²) in [6, 6.07) is 3.56. The Labute approximate surface area is 82.9 Å². The van der Waals surface area contributed by atoms with Crippen LogP contribution in [0.5, 0.6) is 0 Å². The highest BCUT2D eigenvalue weighted by atomic mass is 35.5. The molecule has 0 fully saturated rings. The van der Waals surface area contributed by atoms with E-state index >= 15 is 0 Å². The minimum atomic E-state index is -4.51. The van der Waals surface area contributed by atoms with E-state index in [0.29, 0.717) is 0 Å². The second-order valence-electron chi connectivity index (χ2n) is 2.46. The molecule has 1 heterocycles. The highest BCUT2D eigenvalue weighted by Crippen LogP contribution is 2.29. The number of hydrogen-bond donors (Lipinski definition) is 0. The summed E-state index contributed by atoms with van der Waals surface area (Å²) in [4.78, 5) is 3.25. The zero-order valence-electron chi connectivity index (χ0n) is 6.77. The van der Waals surface area contributed by atoms with Gasteiger partial charge in [0.15, 0.2) is 0 Å². The Hall–Kier alpha value is -1.28. The Morgan fingerprint density at radius 1 is 1.43 bits per heavy atom. The lowest BCUT2D eigenvalue weighted by Crippen LogP contribution is -2.09. The third-order valence-electron chi connectivity index (χ3n) is 1.46. The highest BCUT2D eigenvalue weighted by Gasteiger charge is 2.32. The maximum absolute atomic E-state index is 12.2. The van der Waals surface area contributed by atoms with E-state index < -0.39 is 11.9 Å². The molecular formula is C8H4ClF3N2. The van der Waals surface area contributed by atoms with Gasteiger partial charge in [-0.05, 0) is 12.1 Å². The first-order chi connectivity index (χ1) is 6.45. The average Bonchev–Trinajstić information content (AvgIpc) is 2.07. The molecule has 0 spiro atoms. The molecule has 1 aromatic heterocycles. The van der Waals surface area contributed by atoms with Crippen molar-refractivity contribution < 1.29 is 13.2 Å². The lowest BCUT2D eigenvalue weighted by atomic mass is 10.2. The molecule has 0 atom stereocenters. The first-order valence-electron chi connectivity index (χ1n) is 3.54. The maximum atomic E-state index is 12.2. The first-order valence-corrected chi connectivity index (χ1v) is 3.92. The van der Waals surface area contributed by atoms with E-state index in [4.69, 9.17) is 16.9 Å². The topological polar surface area (TPSA) is 36.7 Å². The molecule has 14 heavy (non-hydrogen) atoms. The van der Waals surface area contributed by atoms with Crippen LogP contribution in [0.15, 0.2) is 12.1 Å². The van der Waals surface area contributed by atoms with Crippen molar-refractivity contribution in [1.82, 2.24) is 4.98 Å². The van der Waals surface area contributed by atoms with Crippen LogP contribution in [-0.2, 0) is 12.6 Å². The number of aromatic nitrogens is 1. The standard InChI is InChI=1S/C8H4ClF3N2/c9-5-1-2-7(8(10,11)12)14-6(5)3-4-13/h1-2H,3H2. The lowest BCUT2D eigenvalue weighted by molar-refractivity contribution is -0.141. The van der Waals surface area contributed by atoms with Gasteiger partial charge in [0.05, 0.1) is 23.2 Å². The van der Waals surface area contributed by atoms with E-state index in [2.05, 4.69) is 4.98 Å². The van der Waals surface area contributed by atoms with E-state index in [-0.39, 0.29) is 17.1 Å². The smallest absolute Gasteiger partial charge is 0.246 e. The third-order valence-corrected chi connectivity index (χ3v) is 1.80. The summed E-state index contributed by atoms with van der Waals surface area (Å²) in [5.41, 5.74) is -1.09. The SMILES string of the molecule is N#CCc1nc(C(F)(F)F)ccc1Cl. The lowest BCUT2D eigenvalue weighted by Gasteiger charge is -2.07. The highest BCUT2D eigenvalue weighted by molar-refractivity contribution is 6.31. The van der Waals surface area contributed by atoms with Gasteiger partial charge >= 0.3 is 6.18 Å². The normalized spacial score (nSPS) is 11.1. The van der Waals surface area contributed by atoms with Crippen LogP contribution in [0.3, 0.4) is 0 Å². The van der Waals surface area contributed by atoms with Crippen molar-refractivity contribution in [2.75, 3.05) is 0 Å². The van der Waals surface area contributed by atoms with Crippen molar-refractivity contribution in [2.45, 2.75) is 12.6 Å². The molecule has 74 valence electrons.